The minimum Gasteiger partial charge on any atom is -0.478 e. The van der Waals surface area contributed by atoms with E-state index >= 15 is 0 Å². The Bertz CT molecular complexity index is 1050. The highest BCUT2D eigenvalue weighted by molar-refractivity contribution is 5.92. The third-order valence-electron chi connectivity index (χ3n) is 5.80. The summed E-state index contributed by atoms with van der Waals surface area (Å²) in [4.78, 5) is 22.6. The van der Waals surface area contributed by atoms with Gasteiger partial charge < -0.3 is 10.2 Å². The van der Waals surface area contributed by atoms with Gasteiger partial charge in [-0.25, -0.2) is 4.79 Å². The van der Waals surface area contributed by atoms with Crippen LogP contribution < -0.4 is 0 Å². The van der Waals surface area contributed by atoms with Crippen LogP contribution >= 0.6 is 0 Å². The summed E-state index contributed by atoms with van der Waals surface area (Å²) < 4.78 is 0. The molecule has 0 aromatic carbocycles. The molecular formula is C30H38O4. The fraction of sp³-hybridized carbons (Fsp3) is 0.333. The van der Waals surface area contributed by atoms with E-state index in [0.717, 1.165) is 16.7 Å². The van der Waals surface area contributed by atoms with E-state index in [1.54, 1.807) is 38.2 Å². The van der Waals surface area contributed by atoms with E-state index in [0.29, 0.717) is 17.6 Å². The maximum absolute atomic E-state index is 11.9. The molecule has 4 nitrogen and oxygen atoms in total. The largest absolute Gasteiger partial charge is 0.478 e. The summed E-state index contributed by atoms with van der Waals surface area (Å²) in [6, 6.07) is 0. The van der Waals surface area contributed by atoms with Gasteiger partial charge in [0.1, 0.15) is 5.60 Å². The molecule has 0 amide bonds. The molecule has 2 N–H and O–H groups in total. The Labute approximate surface area is 204 Å². The van der Waals surface area contributed by atoms with E-state index < -0.39 is 17.0 Å². The van der Waals surface area contributed by atoms with Crippen molar-refractivity contribution in [1.29, 1.82) is 0 Å². The van der Waals surface area contributed by atoms with Gasteiger partial charge in [0, 0.05) is 17.4 Å². The highest BCUT2D eigenvalue weighted by Gasteiger charge is 2.46. The molecule has 0 aromatic rings. The van der Waals surface area contributed by atoms with Crippen molar-refractivity contribution in [3.63, 3.8) is 0 Å². The number of aliphatic hydroxyl groups is 1. The van der Waals surface area contributed by atoms with E-state index in [-0.39, 0.29) is 5.78 Å². The van der Waals surface area contributed by atoms with Gasteiger partial charge in [0.25, 0.3) is 0 Å². The van der Waals surface area contributed by atoms with Crippen LogP contribution in [-0.4, -0.2) is 27.6 Å². The second-order valence-corrected chi connectivity index (χ2v) is 9.44. The Hall–Kier alpha value is -3.24. The van der Waals surface area contributed by atoms with Crippen LogP contribution in [0.15, 0.2) is 107 Å². The van der Waals surface area contributed by atoms with Crippen LogP contribution in [0.4, 0.5) is 0 Å². The zero-order chi connectivity index (χ0) is 25.9. The lowest BCUT2D eigenvalue weighted by molar-refractivity contribution is -0.132. The second-order valence-electron chi connectivity index (χ2n) is 9.44. The molecule has 0 aromatic heterocycles. The molecule has 0 aliphatic heterocycles. The Balaban J connectivity index is 2.75. The van der Waals surface area contributed by atoms with Gasteiger partial charge in [0.05, 0.1) is 0 Å². The van der Waals surface area contributed by atoms with Crippen LogP contribution in [0.3, 0.4) is 0 Å². The second kappa shape index (κ2) is 12.9. The van der Waals surface area contributed by atoms with Crippen molar-refractivity contribution < 1.29 is 19.8 Å². The lowest BCUT2D eigenvalue weighted by atomic mass is 9.64. The van der Waals surface area contributed by atoms with Gasteiger partial charge in [-0.2, -0.15) is 0 Å². The molecule has 0 spiro atoms. The predicted octanol–water partition coefficient (Wildman–Crippen LogP) is 6.76. The molecule has 1 unspecified atom stereocenters. The molecule has 34 heavy (non-hydrogen) atoms. The lowest BCUT2D eigenvalue weighted by Gasteiger charge is -2.44. The Morgan fingerprint density at radius 3 is 1.82 bits per heavy atom. The molecule has 0 radical (unpaired) electrons. The van der Waals surface area contributed by atoms with E-state index in [1.165, 1.54) is 0 Å². The minimum atomic E-state index is -1.15. The van der Waals surface area contributed by atoms with Crippen LogP contribution in [0.1, 0.15) is 54.9 Å². The first kappa shape index (κ1) is 28.8. The summed E-state index contributed by atoms with van der Waals surface area (Å²) in [5, 5.41) is 20.0. The Morgan fingerprint density at radius 2 is 1.32 bits per heavy atom. The monoisotopic (exact) mass is 462 g/mol. The van der Waals surface area contributed by atoms with Crippen molar-refractivity contribution in [1.82, 2.24) is 0 Å². The fourth-order valence-electron chi connectivity index (χ4n) is 3.46. The maximum Gasteiger partial charge on any atom is 0.331 e. The quantitative estimate of drug-likeness (QED) is 0.293. The van der Waals surface area contributed by atoms with Crippen molar-refractivity contribution in [3.05, 3.63) is 107 Å². The average Bonchev–Trinajstić information content (AvgIpc) is 2.73. The molecule has 0 saturated carbocycles. The molecule has 0 heterocycles. The van der Waals surface area contributed by atoms with Crippen molar-refractivity contribution in [2.24, 2.45) is 5.41 Å². The van der Waals surface area contributed by atoms with Crippen LogP contribution in [0.2, 0.25) is 0 Å². The topological polar surface area (TPSA) is 74.6 Å². The molecule has 0 fully saturated rings. The van der Waals surface area contributed by atoms with E-state index in [4.69, 9.17) is 5.11 Å². The van der Waals surface area contributed by atoms with E-state index in [2.05, 4.69) is 0 Å². The van der Waals surface area contributed by atoms with Crippen molar-refractivity contribution in [2.75, 3.05) is 0 Å². The van der Waals surface area contributed by atoms with Crippen molar-refractivity contribution >= 4 is 11.8 Å². The summed E-state index contributed by atoms with van der Waals surface area (Å²) in [5.41, 5.74) is 2.34. The fourth-order valence-corrected chi connectivity index (χ4v) is 3.46. The summed E-state index contributed by atoms with van der Waals surface area (Å²) in [6.45, 7) is 13.1. The number of rotatable bonds is 9. The van der Waals surface area contributed by atoms with Crippen LogP contribution in [0.25, 0.3) is 0 Å². The normalized spacial score (nSPS) is 23.1. The van der Waals surface area contributed by atoms with E-state index in [1.807, 2.05) is 89.3 Å². The van der Waals surface area contributed by atoms with Crippen LogP contribution in [0, 0.1) is 5.41 Å². The zero-order valence-electron chi connectivity index (χ0n) is 21.4. The Morgan fingerprint density at radius 1 is 0.853 bits per heavy atom. The number of hydrogen-bond donors (Lipinski definition) is 2. The highest BCUT2D eigenvalue weighted by Crippen LogP contribution is 2.44. The van der Waals surface area contributed by atoms with Crippen molar-refractivity contribution in [3.8, 4) is 0 Å². The van der Waals surface area contributed by atoms with Gasteiger partial charge in [-0.3, -0.25) is 4.79 Å². The van der Waals surface area contributed by atoms with Crippen LogP contribution in [0.5, 0.6) is 0 Å². The maximum atomic E-state index is 11.9. The SMILES string of the molecule is CC(C=CC=C(C)C=CC1(O)C(C)=CC(=O)CC1(C)C)=CC=CC=C(C)C=CC=C(C)C(=O)O. The first-order valence-corrected chi connectivity index (χ1v) is 11.4. The smallest absolute Gasteiger partial charge is 0.331 e. The van der Waals surface area contributed by atoms with Crippen molar-refractivity contribution in [2.45, 2.75) is 60.5 Å². The number of allylic oxidation sites excluding steroid dienone is 15. The first-order chi connectivity index (χ1) is 15.8. The number of carbonyl (C=O) groups is 2. The third-order valence-corrected chi connectivity index (χ3v) is 5.80. The van der Waals surface area contributed by atoms with E-state index in [9.17, 15) is 14.7 Å². The molecule has 0 saturated heterocycles. The summed E-state index contributed by atoms with van der Waals surface area (Å²) in [7, 11) is 0. The average molecular weight is 463 g/mol. The molecule has 1 atom stereocenters. The molecule has 1 rings (SSSR count). The molecular weight excluding hydrogens is 424 g/mol. The van der Waals surface area contributed by atoms with Gasteiger partial charge >= 0.3 is 5.97 Å². The number of ketones is 1. The zero-order valence-corrected chi connectivity index (χ0v) is 21.4. The van der Waals surface area contributed by atoms with Gasteiger partial charge in [-0.1, -0.05) is 97.4 Å². The first-order valence-electron chi connectivity index (χ1n) is 11.4. The third kappa shape index (κ3) is 8.95. The minimum absolute atomic E-state index is 0.0529. The van der Waals surface area contributed by atoms with Gasteiger partial charge in [-0.05, 0) is 52.3 Å². The molecule has 0 bridgehead atoms. The standard InChI is InChI=1S/C30H38O4/c1-22(12-8-9-13-23(2)16-11-17-25(4)28(32)33)14-10-15-24(3)18-19-30(34)26(5)20-27(31)21-29(30,6)7/h8-20,34H,21H2,1-7H3,(H,32,33). The van der Waals surface area contributed by atoms with Gasteiger partial charge in [0.15, 0.2) is 5.78 Å². The Kier molecular flexibility index (Phi) is 10.9. The number of carboxylic acids is 1. The molecule has 1 aliphatic rings. The van der Waals surface area contributed by atoms with Gasteiger partial charge in [0.2, 0.25) is 0 Å². The molecule has 1 aliphatic carbocycles. The number of carboxylic acid groups (broad SMARTS) is 1. The van der Waals surface area contributed by atoms with Crippen LogP contribution in [-0.2, 0) is 9.59 Å². The summed E-state index contributed by atoms with van der Waals surface area (Å²) in [6.07, 6.45) is 24.5. The highest BCUT2D eigenvalue weighted by atomic mass is 16.4. The number of hydrogen-bond acceptors (Lipinski definition) is 3. The summed E-state index contributed by atoms with van der Waals surface area (Å²) in [5.74, 6) is -0.867. The number of carbonyl (C=O) groups excluding carboxylic acids is 1. The lowest BCUT2D eigenvalue weighted by Crippen LogP contribution is -2.48. The van der Waals surface area contributed by atoms with Gasteiger partial charge in [-0.15, -0.1) is 0 Å². The molecule has 4 heteroatoms. The predicted molar refractivity (Wildman–Crippen MR) is 141 cm³/mol. The summed E-state index contributed by atoms with van der Waals surface area (Å²) >= 11 is 0. The number of aliphatic carboxylic acids is 1. The molecule has 182 valence electrons.